The first-order chi connectivity index (χ1) is 7.33. The molecule has 16 heavy (non-hydrogen) atoms. The number of hydrogen-bond donors (Lipinski definition) is 2. The van der Waals surface area contributed by atoms with Gasteiger partial charge in [0.25, 0.3) is 6.43 Å². The second-order valence-electron chi connectivity index (χ2n) is 3.10. The lowest BCUT2D eigenvalue weighted by Gasteiger charge is -2.09. The number of alkyl halides is 2. The van der Waals surface area contributed by atoms with Crippen molar-refractivity contribution in [3.05, 3.63) is 12.4 Å². The number of halogens is 2. The Morgan fingerprint density at radius 2 is 2.25 bits per heavy atom. The molecule has 0 spiro atoms. The summed E-state index contributed by atoms with van der Waals surface area (Å²) in [4.78, 5) is -0.142. The maximum Gasteiger partial charge on any atom is 0.265 e. The van der Waals surface area contributed by atoms with Crippen molar-refractivity contribution in [1.82, 2.24) is 14.5 Å². The molecule has 1 heterocycles. The van der Waals surface area contributed by atoms with Crippen molar-refractivity contribution in [1.29, 1.82) is 0 Å². The van der Waals surface area contributed by atoms with Crippen LogP contribution in [-0.4, -0.2) is 42.4 Å². The Bertz CT molecular complexity index is 445. The van der Waals surface area contributed by atoms with Crippen LogP contribution in [0.5, 0.6) is 0 Å². The number of aryl methyl sites for hydroxylation is 1. The summed E-state index contributed by atoms with van der Waals surface area (Å²) in [5, 5.41) is 12.4. The number of rotatable bonds is 5. The zero-order valence-electron chi connectivity index (χ0n) is 8.34. The monoisotopic (exact) mass is 255 g/mol. The van der Waals surface area contributed by atoms with E-state index in [9.17, 15) is 17.2 Å². The third kappa shape index (κ3) is 3.22. The van der Waals surface area contributed by atoms with Crippen LogP contribution in [0.3, 0.4) is 0 Å². The van der Waals surface area contributed by atoms with Crippen LogP contribution in [0.1, 0.15) is 0 Å². The smallest absolute Gasteiger partial charge is 0.265 e. The van der Waals surface area contributed by atoms with Crippen LogP contribution in [0.4, 0.5) is 8.78 Å². The molecule has 0 aliphatic carbocycles. The highest BCUT2D eigenvalue weighted by Crippen LogP contribution is 2.06. The average molecular weight is 255 g/mol. The molecule has 0 bridgehead atoms. The Labute approximate surface area is 90.9 Å². The Morgan fingerprint density at radius 1 is 1.62 bits per heavy atom. The minimum absolute atomic E-state index is 0.142. The highest BCUT2D eigenvalue weighted by molar-refractivity contribution is 7.89. The van der Waals surface area contributed by atoms with E-state index in [0.29, 0.717) is 0 Å². The van der Waals surface area contributed by atoms with E-state index in [-0.39, 0.29) is 4.90 Å². The lowest BCUT2D eigenvalue weighted by molar-refractivity contribution is -0.000451. The molecule has 1 aromatic rings. The van der Waals surface area contributed by atoms with Crippen molar-refractivity contribution in [2.24, 2.45) is 7.05 Å². The summed E-state index contributed by atoms with van der Waals surface area (Å²) in [5.41, 5.74) is 0. The van der Waals surface area contributed by atoms with Crippen LogP contribution in [-0.2, 0) is 17.1 Å². The number of aromatic nitrogens is 2. The van der Waals surface area contributed by atoms with E-state index >= 15 is 0 Å². The first kappa shape index (κ1) is 13.0. The largest absolute Gasteiger partial charge is 0.386 e. The summed E-state index contributed by atoms with van der Waals surface area (Å²) < 4.78 is 49.8. The van der Waals surface area contributed by atoms with Crippen molar-refractivity contribution in [2.75, 3.05) is 6.54 Å². The number of nitrogens with one attached hydrogen (secondary N) is 1. The first-order valence-electron chi connectivity index (χ1n) is 4.27. The first-order valence-corrected chi connectivity index (χ1v) is 5.76. The predicted molar refractivity (Wildman–Crippen MR) is 50.4 cm³/mol. The van der Waals surface area contributed by atoms with Gasteiger partial charge in [-0.3, -0.25) is 4.68 Å². The molecule has 6 nitrogen and oxygen atoms in total. The molecule has 1 rings (SSSR count). The number of sulfonamides is 1. The summed E-state index contributed by atoms with van der Waals surface area (Å²) in [5.74, 6) is 0. The fourth-order valence-electron chi connectivity index (χ4n) is 0.905. The van der Waals surface area contributed by atoms with E-state index in [4.69, 9.17) is 5.11 Å². The van der Waals surface area contributed by atoms with Gasteiger partial charge in [0.1, 0.15) is 11.0 Å². The van der Waals surface area contributed by atoms with Crippen molar-refractivity contribution in [2.45, 2.75) is 17.4 Å². The fraction of sp³-hybridized carbons (Fsp3) is 0.571. The predicted octanol–water partition coefficient (Wildman–Crippen LogP) is -0.676. The van der Waals surface area contributed by atoms with Gasteiger partial charge in [-0.05, 0) is 0 Å². The molecule has 2 N–H and O–H groups in total. The summed E-state index contributed by atoms with van der Waals surface area (Å²) in [6.45, 7) is -0.741. The second kappa shape index (κ2) is 4.85. The second-order valence-corrected chi connectivity index (χ2v) is 4.87. The van der Waals surface area contributed by atoms with Gasteiger partial charge in [0.2, 0.25) is 10.0 Å². The third-order valence-corrected chi connectivity index (χ3v) is 3.14. The number of nitrogens with zero attached hydrogens (tertiary/aromatic N) is 2. The topological polar surface area (TPSA) is 84.2 Å². The van der Waals surface area contributed by atoms with Gasteiger partial charge < -0.3 is 5.11 Å². The average Bonchev–Trinajstić information content (AvgIpc) is 2.61. The Balaban J connectivity index is 2.67. The summed E-state index contributed by atoms with van der Waals surface area (Å²) >= 11 is 0. The maximum atomic E-state index is 11.9. The van der Waals surface area contributed by atoms with Crippen LogP contribution < -0.4 is 4.72 Å². The Kier molecular flexibility index (Phi) is 3.94. The van der Waals surface area contributed by atoms with Gasteiger partial charge in [-0.25, -0.2) is 21.9 Å². The highest BCUT2D eigenvalue weighted by Gasteiger charge is 2.21. The van der Waals surface area contributed by atoms with Gasteiger partial charge >= 0.3 is 0 Å². The van der Waals surface area contributed by atoms with Gasteiger partial charge in [0.15, 0.2) is 0 Å². The van der Waals surface area contributed by atoms with E-state index in [1.54, 1.807) is 0 Å². The van der Waals surface area contributed by atoms with E-state index in [1.807, 2.05) is 4.72 Å². The number of aliphatic hydroxyl groups excluding tert-OH is 1. The van der Waals surface area contributed by atoms with Gasteiger partial charge in [-0.15, -0.1) is 0 Å². The van der Waals surface area contributed by atoms with Crippen LogP contribution >= 0.6 is 0 Å². The number of hydrogen-bond acceptors (Lipinski definition) is 4. The van der Waals surface area contributed by atoms with Crippen LogP contribution in [0.15, 0.2) is 17.3 Å². The summed E-state index contributed by atoms with van der Waals surface area (Å²) in [6, 6.07) is 0. The molecule has 0 amide bonds. The molecule has 0 saturated carbocycles. The molecule has 0 aromatic carbocycles. The zero-order valence-corrected chi connectivity index (χ0v) is 9.16. The molecule has 92 valence electrons. The van der Waals surface area contributed by atoms with Crippen molar-refractivity contribution < 1.29 is 22.3 Å². The van der Waals surface area contributed by atoms with Gasteiger partial charge in [-0.1, -0.05) is 0 Å². The molecular weight excluding hydrogens is 244 g/mol. The zero-order chi connectivity index (χ0) is 12.3. The highest BCUT2D eigenvalue weighted by atomic mass is 32.2. The van der Waals surface area contributed by atoms with Gasteiger partial charge in [-0.2, -0.15) is 5.10 Å². The third-order valence-electron chi connectivity index (χ3n) is 1.76. The lowest BCUT2D eigenvalue weighted by atomic mass is 10.4. The number of aliphatic hydroxyl groups is 1. The molecule has 1 atom stereocenters. The SMILES string of the molecule is Cn1cc(S(=O)(=O)NCC(O)C(F)F)cn1. The Hall–Kier alpha value is -1.06. The molecule has 0 fully saturated rings. The van der Waals surface area contributed by atoms with Crippen molar-refractivity contribution in [3.63, 3.8) is 0 Å². The molecule has 9 heteroatoms. The van der Waals surface area contributed by atoms with Crippen LogP contribution in [0, 0.1) is 0 Å². The van der Waals surface area contributed by atoms with Crippen molar-refractivity contribution in [3.8, 4) is 0 Å². The molecule has 1 aromatic heterocycles. The molecule has 0 saturated heterocycles. The van der Waals surface area contributed by atoms with E-state index < -0.39 is 29.1 Å². The van der Waals surface area contributed by atoms with Gasteiger partial charge in [0.05, 0.1) is 6.20 Å². The van der Waals surface area contributed by atoms with Crippen molar-refractivity contribution >= 4 is 10.0 Å². The lowest BCUT2D eigenvalue weighted by Crippen LogP contribution is -2.35. The molecule has 0 aliphatic heterocycles. The van der Waals surface area contributed by atoms with E-state index in [2.05, 4.69) is 5.10 Å². The summed E-state index contributed by atoms with van der Waals surface area (Å²) in [7, 11) is -2.37. The maximum absolute atomic E-state index is 11.9. The van der Waals surface area contributed by atoms with E-state index in [0.717, 1.165) is 6.20 Å². The Morgan fingerprint density at radius 3 is 2.69 bits per heavy atom. The minimum atomic E-state index is -3.89. The minimum Gasteiger partial charge on any atom is -0.386 e. The molecular formula is C7H11F2N3O3S. The van der Waals surface area contributed by atoms with Crippen LogP contribution in [0.2, 0.25) is 0 Å². The van der Waals surface area contributed by atoms with Gasteiger partial charge in [0, 0.05) is 19.8 Å². The van der Waals surface area contributed by atoms with E-state index in [1.165, 1.54) is 17.9 Å². The molecule has 0 aliphatic rings. The molecule has 0 radical (unpaired) electrons. The molecule has 1 unspecified atom stereocenters. The standard InChI is InChI=1S/C7H11F2N3O3S/c1-12-4-5(2-10-12)16(14,15)11-3-6(13)7(8)9/h2,4,6-7,11,13H,3H2,1H3. The quantitative estimate of drug-likeness (QED) is 0.730. The van der Waals surface area contributed by atoms with Crippen LogP contribution in [0.25, 0.3) is 0 Å². The summed E-state index contributed by atoms with van der Waals surface area (Å²) in [6.07, 6.45) is -2.71. The normalized spacial score (nSPS) is 14.3. The fourth-order valence-corrected chi connectivity index (χ4v) is 1.94.